The van der Waals surface area contributed by atoms with Gasteiger partial charge in [0.05, 0.1) is 19.6 Å². The van der Waals surface area contributed by atoms with Gasteiger partial charge in [-0.25, -0.2) is 4.39 Å². The Labute approximate surface area is 180 Å². The normalized spacial score (nSPS) is 22.3. The standard InChI is InChI=1S/C20H21FN4O4.C2H6/c1-23-19(27)17-11-25-10-16(29-17)13(8-12-2-4-14(21)5-3-12)9-24-7-6-15(18(22)26)20(25)28;1-2/h2-6,9,17H,7-8,10-11H2,1H3,(H2,22,26)(H,23,27);1-2H3/b15-6-,16-13+,24-9?;. The van der Waals surface area contributed by atoms with E-state index in [1.807, 2.05) is 13.8 Å². The van der Waals surface area contributed by atoms with Crippen LogP contribution in [0, 0.1) is 5.82 Å². The van der Waals surface area contributed by atoms with Crippen molar-refractivity contribution in [1.29, 1.82) is 0 Å². The topological polar surface area (TPSA) is 114 Å². The van der Waals surface area contributed by atoms with Gasteiger partial charge in [0.25, 0.3) is 17.7 Å². The molecular formula is C22H27FN4O4. The molecule has 1 saturated heterocycles. The molecule has 166 valence electrons. The van der Waals surface area contributed by atoms with E-state index in [9.17, 15) is 18.8 Å². The minimum atomic E-state index is -0.946. The van der Waals surface area contributed by atoms with Crippen molar-refractivity contribution in [3.05, 3.63) is 58.6 Å². The zero-order valence-electron chi connectivity index (χ0n) is 17.9. The molecule has 1 atom stereocenters. The average Bonchev–Trinajstić information content (AvgIpc) is 2.78. The summed E-state index contributed by atoms with van der Waals surface area (Å²) in [6.07, 6.45) is 2.37. The maximum atomic E-state index is 13.2. The Kier molecular flexibility index (Phi) is 8.48. The minimum absolute atomic E-state index is 0.0202. The monoisotopic (exact) mass is 430 g/mol. The fourth-order valence-electron chi connectivity index (χ4n) is 3.12. The first-order valence-electron chi connectivity index (χ1n) is 10.0. The summed E-state index contributed by atoms with van der Waals surface area (Å²) in [5, 5.41) is 2.50. The Morgan fingerprint density at radius 1 is 1.29 bits per heavy atom. The summed E-state index contributed by atoms with van der Waals surface area (Å²) in [6, 6.07) is 5.99. The van der Waals surface area contributed by atoms with Crippen LogP contribution < -0.4 is 11.1 Å². The molecule has 1 aromatic carbocycles. The number of carbonyl (C=O) groups is 3. The van der Waals surface area contributed by atoms with Crippen LogP contribution in [-0.4, -0.2) is 61.6 Å². The van der Waals surface area contributed by atoms with Gasteiger partial charge in [0.15, 0.2) is 6.10 Å². The summed E-state index contributed by atoms with van der Waals surface area (Å²) in [5.74, 6) is -1.80. The molecule has 1 unspecified atom stereocenters. The maximum absolute atomic E-state index is 13.2. The second kappa shape index (κ2) is 11.1. The van der Waals surface area contributed by atoms with Crippen LogP contribution in [-0.2, 0) is 25.5 Å². The zero-order chi connectivity index (χ0) is 23.0. The molecule has 1 aromatic rings. The Morgan fingerprint density at radius 2 is 1.97 bits per heavy atom. The van der Waals surface area contributed by atoms with E-state index in [0.29, 0.717) is 17.8 Å². The van der Waals surface area contributed by atoms with Crippen molar-refractivity contribution in [3.63, 3.8) is 0 Å². The number of amides is 3. The molecule has 0 aromatic heterocycles. The van der Waals surface area contributed by atoms with Gasteiger partial charge in [-0.1, -0.05) is 26.0 Å². The molecule has 9 heteroatoms. The highest BCUT2D eigenvalue weighted by atomic mass is 19.1. The molecule has 0 saturated carbocycles. The first kappa shape index (κ1) is 23.8. The zero-order valence-corrected chi connectivity index (χ0v) is 17.9. The Morgan fingerprint density at radius 3 is 2.58 bits per heavy atom. The molecule has 2 aliphatic heterocycles. The number of halogens is 1. The van der Waals surface area contributed by atoms with E-state index in [2.05, 4.69) is 10.3 Å². The molecule has 3 amide bonds. The maximum Gasteiger partial charge on any atom is 0.262 e. The summed E-state index contributed by atoms with van der Waals surface area (Å²) < 4.78 is 19.1. The van der Waals surface area contributed by atoms with E-state index < -0.39 is 23.8 Å². The number of nitrogens with one attached hydrogen (secondary N) is 1. The molecule has 0 aliphatic carbocycles. The Bertz CT molecular complexity index is 922. The van der Waals surface area contributed by atoms with Crippen LogP contribution in [0.25, 0.3) is 0 Å². The van der Waals surface area contributed by atoms with E-state index in [1.165, 1.54) is 30.2 Å². The lowest BCUT2D eigenvalue weighted by atomic mass is 10.0. The van der Waals surface area contributed by atoms with E-state index >= 15 is 0 Å². The average molecular weight is 430 g/mol. The van der Waals surface area contributed by atoms with Crippen molar-refractivity contribution < 1.29 is 23.5 Å². The molecular weight excluding hydrogens is 403 g/mol. The number of morpholine rings is 1. The lowest BCUT2D eigenvalue weighted by Crippen LogP contribution is -2.51. The van der Waals surface area contributed by atoms with Crippen molar-refractivity contribution in [1.82, 2.24) is 10.2 Å². The molecule has 31 heavy (non-hydrogen) atoms. The lowest BCUT2D eigenvalue weighted by molar-refractivity contribution is -0.140. The van der Waals surface area contributed by atoms with Crippen LogP contribution in [0.15, 0.2) is 52.2 Å². The van der Waals surface area contributed by atoms with Gasteiger partial charge in [-0.2, -0.15) is 0 Å². The molecule has 2 heterocycles. The number of aliphatic imine (C=N–C) groups is 1. The number of benzene rings is 1. The van der Waals surface area contributed by atoms with Crippen molar-refractivity contribution >= 4 is 23.9 Å². The lowest BCUT2D eigenvalue weighted by Gasteiger charge is -2.35. The van der Waals surface area contributed by atoms with Crippen molar-refractivity contribution in [2.45, 2.75) is 26.4 Å². The third-order valence-corrected chi connectivity index (χ3v) is 4.64. The van der Waals surface area contributed by atoms with Gasteiger partial charge in [0, 0.05) is 25.3 Å². The predicted molar refractivity (Wildman–Crippen MR) is 115 cm³/mol. The number of carbonyl (C=O) groups excluding carboxylic acids is 3. The smallest absolute Gasteiger partial charge is 0.262 e. The minimum Gasteiger partial charge on any atom is -0.481 e. The number of fused-ring (bicyclic) bond motifs is 2. The van der Waals surface area contributed by atoms with Crippen LogP contribution in [0.3, 0.4) is 0 Å². The van der Waals surface area contributed by atoms with E-state index in [0.717, 1.165) is 5.56 Å². The highest BCUT2D eigenvalue weighted by molar-refractivity contribution is 6.18. The number of ether oxygens (including phenoxy) is 1. The quantitative estimate of drug-likeness (QED) is 0.697. The SMILES string of the molecule is CC.CNC(=O)C1CN2C/C(=C(/Cc3ccc(F)cc3)C=NC/C=C(/C(N)=O)C2=O)O1. The van der Waals surface area contributed by atoms with Crippen LogP contribution in [0.1, 0.15) is 19.4 Å². The number of hydrogen-bond donors (Lipinski definition) is 2. The summed E-state index contributed by atoms with van der Waals surface area (Å²) in [6.45, 7) is 4.12. The largest absolute Gasteiger partial charge is 0.481 e. The van der Waals surface area contributed by atoms with Crippen molar-refractivity contribution in [3.8, 4) is 0 Å². The highest BCUT2D eigenvalue weighted by Crippen LogP contribution is 2.22. The number of likely N-dealkylation sites (N-methyl/N-ethyl adjacent to an activating group) is 1. The summed E-state index contributed by atoms with van der Waals surface area (Å²) in [7, 11) is 1.47. The Hall–Kier alpha value is -3.49. The fraction of sp³-hybridized carbons (Fsp3) is 0.364. The second-order valence-electron chi connectivity index (χ2n) is 6.63. The fourth-order valence-corrected chi connectivity index (χ4v) is 3.12. The predicted octanol–water partition coefficient (Wildman–Crippen LogP) is 1.12. The van der Waals surface area contributed by atoms with Crippen LogP contribution in [0.2, 0.25) is 0 Å². The van der Waals surface area contributed by atoms with Crippen molar-refractivity contribution in [2.24, 2.45) is 10.7 Å². The van der Waals surface area contributed by atoms with Crippen LogP contribution in [0.4, 0.5) is 4.39 Å². The molecule has 3 N–H and O–H groups in total. The molecule has 3 rings (SSSR count). The Balaban J connectivity index is 0.00000166. The van der Waals surface area contributed by atoms with Gasteiger partial charge in [0.2, 0.25) is 0 Å². The first-order valence-corrected chi connectivity index (χ1v) is 10.0. The van der Waals surface area contributed by atoms with Crippen molar-refractivity contribution in [2.75, 3.05) is 26.7 Å². The number of nitrogens with zero attached hydrogens (tertiary/aromatic N) is 2. The highest BCUT2D eigenvalue weighted by Gasteiger charge is 2.35. The molecule has 0 radical (unpaired) electrons. The molecule has 2 aliphatic rings. The third-order valence-electron chi connectivity index (χ3n) is 4.64. The van der Waals surface area contributed by atoms with Gasteiger partial charge < -0.3 is 20.7 Å². The van der Waals surface area contributed by atoms with Gasteiger partial charge in [-0.05, 0) is 23.8 Å². The summed E-state index contributed by atoms with van der Waals surface area (Å²) >= 11 is 0. The molecule has 8 nitrogen and oxygen atoms in total. The third kappa shape index (κ3) is 6.00. The van der Waals surface area contributed by atoms with Crippen LogP contribution >= 0.6 is 0 Å². The van der Waals surface area contributed by atoms with Gasteiger partial charge in [0.1, 0.15) is 17.1 Å². The van der Waals surface area contributed by atoms with E-state index in [-0.39, 0.29) is 31.0 Å². The molecule has 1 fully saturated rings. The number of nitrogens with two attached hydrogens (primary N) is 1. The van der Waals surface area contributed by atoms with E-state index in [4.69, 9.17) is 10.5 Å². The van der Waals surface area contributed by atoms with Gasteiger partial charge in [-0.15, -0.1) is 0 Å². The summed E-state index contributed by atoms with van der Waals surface area (Å²) in [4.78, 5) is 42.3. The molecule has 0 spiro atoms. The summed E-state index contributed by atoms with van der Waals surface area (Å²) in [5.41, 5.74) is 6.63. The number of hydrogen-bond acceptors (Lipinski definition) is 5. The van der Waals surface area contributed by atoms with Gasteiger partial charge in [-0.3, -0.25) is 19.4 Å². The van der Waals surface area contributed by atoms with Crippen LogP contribution in [0.5, 0.6) is 0 Å². The number of primary amides is 1. The first-order chi connectivity index (χ1) is 14.9. The molecule has 2 bridgehead atoms. The van der Waals surface area contributed by atoms with E-state index in [1.54, 1.807) is 18.3 Å². The van der Waals surface area contributed by atoms with Gasteiger partial charge >= 0.3 is 0 Å². The number of rotatable bonds is 4. The number of allylic oxidation sites excluding steroid dienone is 1. The second-order valence-corrected chi connectivity index (χ2v) is 6.63.